The molecule has 2 aromatic carbocycles. The number of nitrogens with zero attached hydrogens (tertiary/aromatic N) is 1. The van der Waals surface area contributed by atoms with Gasteiger partial charge in [-0.05, 0) is 42.3 Å². The summed E-state index contributed by atoms with van der Waals surface area (Å²) in [6, 6.07) is 10.9. The van der Waals surface area contributed by atoms with Crippen LogP contribution in [-0.4, -0.2) is 32.7 Å². The molecule has 0 amide bonds. The Morgan fingerprint density at radius 3 is 2.46 bits per heavy atom. The molecule has 0 spiro atoms. The van der Waals surface area contributed by atoms with Crippen LogP contribution < -0.4 is 10.2 Å². The first-order valence-electron chi connectivity index (χ1n) is 8.63. The molecule has 0 atom stereocenters. The van der Waals surface area contributed by atoms with Crippen molar-refractivity contribution in [2.75, 3.05) is 31.6 Å². The summed E-state index contributed by atoms with van der Waals surface area (Å²) in [5.74, 6) is -1.52. The number of benzene rings is 2. The lowest BCUT2D eigenvalue weighted by atomic mass is 10.1. The van der Waals surface area contributed by atoms with Gasteiger partial charge in [0.2, 0.25) is 0 Å². The highest BCUT2D eigenvalue weighted by Crippen LogP contribution is 2.19. The molecule has 0 aliphatic carbocycles. The Morgan fingerprint density at radius 1 is 1.12 bits per heavy atom. The SMILES string of the molecule is CCCN(CCNCc1ccc(F)cc1)c1ccc(C(=O)OC)c(F)c1. The number of methoxy groups -OCH3 is 1. The van der Waals surface area contributed by atoms with Crippen LogP contribution in [0.1, 0.15) is 29.3 Å². The molecule has 26 heavy (non-hydrogen) atoms. The fourth-order valence-electron chi connectivity index (χ4n) is 2.67. The summed E-state index contributed by atoms with van der Waals surface area (Å²) in [5, 5.41) is 3.30. The topological polar surface area (TPSA) is 41.6 Å². The third-order valence-electron chi connectivity index (χ3n) is 4.02. The number of carbonyl (C=O) groups excluding carboxylic acids is 1. The molecule has 0 unspecified atom stereocenters. The summed E-state index contributed by atoms with van der Waals surface area (Å²) in [5.41, 5.74) is 1.66. The average molecular weight is 362 g/mol. The van der Waals surface area contributed by atoms with Crippen LogP contribution in [-0.2, 0) is 11.3 Å². The molecule has 0 radical (unpaired) electrons. The Balaban J connectivity index is 1.94. The van der Waals surface area contributed by atoms with Gasteiger partial charge < -0.3 is 15.0 Å². The van der Waals surface area contributed by atoms with E-state index >= 15 is 0 Å². The van der Waals surface area contributed by atoms with Crippen LogP contribution in [0.15, 0.2) is 42.5 Å². The molecular formula is C20H24F2N2O2. The summed E-state index contributed by atoms with van der Waals surface area (Å²) in [4.78, 5) is 13.6. The predicted molar refractivity (Wildman–Crippen MR) is 98.4 cm³/mol. The molecule has 2 aromatic rings. The lowest BCUT2D eigenvalue weighted by Crippen LogP contribution is -2.32. The van der Waals surface area contributed by atoms with Crippen LogP contribution in [0, 0.1) is 11.6 Å². The second-order valence-corrected chi connectivity index (χ2v) is 5.95. The number of carbonyl (C=O) groups is 1. The van der Waals surface area contributed by atoms with Crippen LogP contribution in [0.4, 0.5) is 14.5 Å². The zero-order valence-corrected chi connectivity index (χ0v) is 15.1. The van der Waals surface area contributed by atoms with Crippen molar-refractivity contribution in [3.63, 3.8) is 0 Å². The van der Waals surface area contributed by atoms with Crippen LogP contribution >= 0.6 is 0 Å². The predicted octanol–water partition coefficient (Wildman–Crippen LogP) is 3.76. The molecule has 0 aliphatic rings. The van der Waals surface area contributed by atoms with E-state index in [1.165, 1.54) is 31.4 Å². The van der Waals surface area contributed by atoms with Gasteiger partial charge in [-0.1, -0.05) is 19.1 Å². The quantitative estimate of drug-likeness (QED) is 0.545. The van der Waals surface area contributed by atoms with Gasteiger partial charge >= 0.3 is 5.97 Å². The molecule has 6 heteroatoms. The van der Waals surface area contributed by atoms with Crippen molar-refractivity contribution in [2.24, 2.45) is 0 Å². The first-order valence-corrected chi connectivity index (χ1v) is 8.63. The molecule has 0 bridgehead atoms. The van der Waals surface area contributed by atoms with E-state index in [1.807, 2.05) is 0 Å². The van der Waals surface area contributed by atoms with E-state index in [4.69, 9.17) is 0 Å². The molecule has 0 saturated heterocycles. The maximum Gasteiger partial charge on any atom is 0.340 e. The number of hydrogen-bond acceptors (Lipinski definition) is 4. The van der Waals surface area contributed by atoms with Crippen molar-refractivity contribution in [1.82, 2.24) is 5.32 Å². The average Bonchev–Trinajstić information content (AvgIpc) is 2.65. The number of anilines is 1. The van der Waals surface area contributed by atoms with E-state index in [0.29, 0.717) is 19.6 Å². The standard InChI is InChI=1S/C20H24F2N2O2/c1-3-11-24(12-10-23-14-15-4-6-16(21)7-5-15)17-8-9-18(19(22)13-17)20(25)26-2/h4-9,13,23H,3,10-12,14H2,1-2H3. The first kappa shape index (κ1) is 19.8. The van der Waals surface area contributed by atoms with Crippen LogP contribution in [0.3, 0.4) is 0 Å². The van der Waals surface area contributed by atoms with Gasteiger partial charge in [0.1, 0.15) is 11.6 Å². The van der Waals surface area contributed by atoms with Crippen molar-refractivity contribution in [3.8, 4) is 0 Å². The minimum Gasteiger partial charge on any atom is -0.465 e. The van der Waals surface area contributed by atoms with Crippen molar-refractivity contribution in [1.29, 1.82) is 0 Å². The lowest BCUT2D eigenvalue weighted by Gasteiger charge is -2.25. The highest BCUT2D eigenvalue weighted by Gasteiger charge is 2.14. The Labute approximate surface area is 152 Å². The molecule has 4 nitrogen and oxygen atoms in total. The summed E-state index contributed by atoms with van der Waals surface area (Å²) in [6.45, 7) is 4.84. The Hall–Kier alpha value is -2.47. The van der Waals surface area contributed by atoms with Gasteiger partial charge in [0.25, 0.3) is 0 Å². The van der Waals surface area contributed by atoms with E-state index in [0.717, 1.165) is 24.2 Å². The van der Waals surface area contributed by atoms with E-state index in [1.54, 1.807) is 18.2 Å². The van der Waals surface area contributed by atoms with Crippen molar-refractivity contribution < 1.29 is 18.3 Å². The Morgan fingerprint density at radius 2 is 1.85 bits per heavy atom. The molecule has 0 saturated carbocycles. The first-order chi connectivity index (χ1) is 12.5. The third-order valence-corrected chi connectivity index (χ3v) is 4.02. The van der Waals surface area contributed by atoms with Crippen LogP contribution in [0.25, 0.3) is 0 Å². The fraction of sp³-hybridized carbons (Fsp3) is 0.350. The molecule has 0 heterocycles. The highest BCUT2D eigenvalue weighted by molar-refractivity contribution is 5.90. The summed E-state index contributed by atoms with van der Waals surface area (Å²) in [7, 11) is 1.23. The van der Waals surface area contributed by atoms with Crippen molar-refractivity contribution >= 4 is 11.7 Å². The van der Waals surface area contributed by atoms with Crippen LogP contribution in [0.2, 0.25) is 0 Å². The third kappa shape index (κ3) is 5.52. The van der Waals surface area contributed by atoms with Crippen LogP contribution in [0.5, 0.6) is 0 Å². The minimum atomic E-state index is -0.683. The van der Waals surface area contributed by atoms with E-state index in [9.17, 15) is 13.6 Å². The normalized spacial score (nSPS) is 10.6. The van der Waals surface area contributed by atoms with Gasteiger partial charge in [0, 0.05) is 31.9 Å². The van der Waals surface area contributed by atoms with E-state index in [2.05, 4.69) is 21.9 Å². The van der Waals surface area contributed by atoms with Gasteiger partial charge in [0.05, 0.1) is 12.7 Å². The summed E-state index contributed by atoms with van der Waals surface area (Å²) in [6.07, 6.45) is 0.915. The zero-order chi connectivity index (χ0) is 18.9. The Kier molecular flexibility index (Phi) is 7.53. The van der Waals surface area contributed by atoms with E-state index in [-0.39, 0.29) is 11.4 Å². The molecule has 1 N–H and O–H groups in total. The van der Waals surface area contributed by atoms with Gasteiger partial charge in [-0.15, -0.1) is 0 Å². The number of halogens is 2. The largest absolute Gasteiger partial charge is 0.465 e. The van der Waals surface area contributed by atoms with E-state index < -0.39 is 11.8 Å². The zero-order valence-electron chi connectivity index (χ0n) is 15.1. The highest BCUT2D eigenvalue weighted by atomic mass is 19.1. The maximum absolute atomic E-state index is 14.2. The summed E-state index contributed by atoms with van der Waals surface area (Å²) < 4.78 is 31.6. The van der Waals surface area contributed by atoms with Gasteiger partial charge in [-0.2, -0.15) is 0 Å². The van der Waals surface area contributed by atoms with Gasteiger partial charge in [-0.3, -0.25) is 0 Å². The lowest BCUT2D eigenvalue weighted by molar-refractivity contribution is 0.0595. The molecule has 0 aliphatic heterocycles. The number of ether oxygens (including phenoxy) is 1. The molecule has 0 aromatic heterocycles. The molecule has 0 fully saturated rings. The second-order valence-electron chi connectivity index (χ2n) is 5.95. The smallest absolute Gasteiger partial charge is 0.340 e. The number of esters is 1. The molecule has 140 valence electrons. The second kappa shape index (κ2) is 9.87. The number of rotatable bonds is 9. The molecular weight excluding hydrogens is 338 g/mol. The minimum absolute atomic E-state index is 0.0675. The fourth-order valence-corrected chi connectivity index (χ4v) is 2.67. The van der Waals surface area contributed by atoms with Gasteiger partial charge in [0.15, 0.2) is 0 Å². The van der Waals surface area contributed by atoms with Gasteiger partial charge in [-0.25, -0.2) is 13.6 Å². The summed E-state index contributed by atoms with van der Waals surface area (Å²) >= 11 is 0. The maximum atomic E-state index is 14.2. The molecule has 2 rings (SSSR count). The van der Waals surface area contributed by atoms with Crippen molar-refractivity contribution in [2.45, 2.75) is 19.9 Å². The Bertz CT molecular complexity index is 720. The monoisotopic (exact) mass is 362 g/mol. The van der Waals surface area contributed by atoms with Crippen molar-refractivity contribution in [3.05, 3.63) is 65.2 Å². The number of nitrogens with one attached hydrogen (secondary N) is 1. The number of hydrogen-bond donors (Lipinski definition) is 1.